The number of phosphoric acid groups is 1. The van der Waals surface area contributed by atoms with E-state index in [0.29, 0.717) is 36.7 Å². The van der Waals surface area contributed by atoms with Gasteiger partial charge in [-0.25, -0.2) is 0 Å². The van der Waals surface area contributed by atoms with Gasteiger partial charge in [0.25, 0.3) is 7.82 Å². The van der Waals surface area contributed by atoms with E-state index in [1.165, 1.54) is 43.2 Å². The minimum Gasteiger partial charge on any atom is -0.756 e. The molecule has 0 aliphatic carbocycles. The number of hydrogen-bond donors (Lipinski definition) is 0. The van der Waals surface area contributed by atoms with Gasteiger partial charge in [0.2, 0.25) is 0 Å². The van der Waals surface area contributed by atoms with Crippen LogP contribution in [-0.4, -0.2) is 75.8 Å². The van der Waals surface area contributed by atoms with Gasteiger partial charge in [0.1, 0.15) is 31.3 Å². The van der Waals surface area contributed by atoms with E-state index in [1.54, 1.807) is 12.2 Å². The Bertz CT molecular complexity index is 1540. The van der Waals surface area contributed by atoms with Crippen LogP contribution in [0.15, 0.2) is 53.0 Å². The Kier molecular flexibility index (Phi) is 32.4. The van der Waals surface area contributed by atoms with Crippen molar-refractivity contribution in [1.82, 2.24) is 0 Å². The number of nitrogens with zero attached hydrogens (tertiary/aromatic N) is 1. The van der Waals surface area contributed by atoms with Gasteiger partial charge in [0, 0.05) is 32.1 Å². The Morgan fingerprint density at radius 2 is 1.21 bits per heavy atom. The second-order valence-corrected chi connectivity index (χ2v) is 18.8. The van der Waals surface area contributed by atoms with Crippen molar-refractivity contribution in [2.45, 2.75) is 181 Å². The molecule has 0 bridgehead atoms. The van der Waals surface area contributed by atoms with Crippen LogP contribution in [0, 0.1) is 13.8 Å². The molecule has 1 aromatic rings. The Balaban J connectivity index is 2.40. The van der Waals surface area contributed by atoms with Gasteiger partial charge in [0.05, 0.1) is 27.7 Å². The lowest BCUT2D eigenvalue weighted by Gasteiger charge is -2.28. The van der Waals surface area contributed by atoms with Gasteiger partial charge in [0.15, 0.2) is 11.9 Å². The number of unbranched alkanes of at least 4 members (excludes halogenated alkanes) is 12. The normalized spacial score (nSPS) is 13.8. The zero-order valence-electron chi connectivity index (χ0n) is 39.8. The number of allylic oxidation sites excluding steroid dienone is 8. The number of phosphoric ester groups is 1. The third kappa shape index (κ3) is 31.7. The Morgan fingerprint density at radius 3 is 1.85 bits per heavy atom. The summed E-state index contributed by atoms with van der Waals surface area (Å²) < 4.78 is 40.1. The quantitative estimate of drug-likeness (QED) is 0.0119. The van der Waals surface area contributed by atoms with E-state index in [4.69, 9.17) is 22.9 Å². The summed E-state index contributed by atoms with van der Waals surface area (Å²) in [6, 6.07) is 0. The fourth-order valence-electron chi connectivity index (χ4n) is 6.49. The fraction of sp³-hybridized carbons (Fsp3) is 0.700. The number of rotatable bonds is 39. The van der Waals surface area contributed by atoms with Gasteiger partial charge in [-0.05, 0) is 82.4 Å². The van der Waals surface area contributed by atoms with Crippen molar-refractivity contribution in [3.8, 4) is 0 Å². The van der Waals surface area contributed by atoms with Gasteiger partial charge in [-0.1, -0.05) is 121 Å². The lowest BCUT2D eigenvalue weighted by atomic mass is 10.0. The van der Waals surface area contributed by atoms with Gasteiger partial charge >= 0.3 is 11.9 Å². The fourth-order valence-corrected chi connectivity index (χ4v) is 7.21. The average molecular weight is 890 g/mol. The molecule has 0 aliphatic heterocycles. The molecule has 0 aliphatic rings. The van der Waals surface area contributed by atoms with Crippen LogP contribution >= 0.6 is 7.82 Å². The molecule has 0 spiro atoms. The monoisotopic (exact) mass is 890 g/mol. The molecule has 62 heavy (non-hydrogen) atoms. The highest BCUT2D eigenvalue weighted by Gasteiger charge is 2.22. The zero-order valence-corrected chi connectivity index (χ0v) is 40.7. The standard InChI is InChI=1S/C50H84NO10P/c1-8-10-27-33-45(52)34-29-23-19-15-13-12-14-16-21-25-31-37-49(53)57-41-46(42-59-62(55,56)58-40-39-51(5,6)7)60-50(54)38-32-26-22-18-17-20-24-30-36-48-44(4)43(3)47(61-48)35-28-11-9-2/h12-13,16,19,21,23,29,34,46H,8-11,14-15,17-18,20,22,24-28,30-33,35-42H2,1-7H3/b13-12-,21-16-,23-19-,34-29+/t46-/m1/s1. The number of ketones is 1. The van der Waals surface area contributed by atoms with Crippen molar-refractivity contribution in [3.05, 3.63) is 71.3 Å². The molecule has 0 N–H and O–H groups in total. The van der Waals surface area contributed by atoms with Crippen LogP contribution < -0.4 is 4.89 Å². The van der Waals surface area contributed by atoms with Crippen LogP contribution in [0.2, 0.25) is 0 Å². The smallest absolute Gasteiger partial charge is 0.306 e. The summed E-state index contributed by atoms with van der Waals surface area (Å²) >= 11 is 0. The molecule has 354 valence electrons. The van der Waals surface area contributed by atoms with E-state index >= 15 is 0 Å². The molecule has 1 aromatic heterocycles. The van der Waals surface area contributed by atoms with Crippen molar-refractivity contribution < 1.29 is 51.3 Å². The predicted octanol–water partition coefficient (Wildman–Crippen LogP) is 11.7. The molecule has 0 saturated heterocycles. The van der Waals surface area contributed by atoms with E-state index in [1.807, 2.05) is 45.4 Å². The highest BCUT2D eigenvalue weighted by Crippen LogP contribution is 2.38. The first-order chi connectivity index (χ1) is 29.7. The minimum atomic E-state index is -4.67. The van der Waals surface area contributed by atoms with E-state index < -0.39 is 32.5 Å². The zero-order chi connectivity index (χ0) is 45.9. The number of ether oxygens (including phenoxy) is 2. The van der Waals surface area contributed by atoms with Gasteiger partial charge in [-0.2, -0.15) is 0 Å². The van der Waals surface area contributed by atoms with E-state index in [2.05, 4.69) is 39.8 Å². The van der Waals surface area contributed by atoms with Crippen LogP contribution in [0.4, 0.5) is 0 Å². The molecule has 1 heterocycles. The number of furan rings is 1. The lowest BCUT2D eigenvalue weighted by molar-refractivity contribution is -0.870. The number of esters is 2. The molecule has 12 heteroatoms. The predicted molar refractivity (Wildman–Crippen MR) is 249 cm³/mol. The highest BCUT2D eigenvalue weighted by molar-refractivity contribution is 7.45. The average Bonchev–Trinajstić information content (AvgIpc) is 3.48. The van der Waals surface area contributed by atoms with Crippen LogP contribution in [0.5, 0.6) is 0 Å². The van der Waals surface area contributed by atoms with Crippen LogP contribution in [0.3, 0.4) is 0 Å². The van der Waals surface area contributed by atoms with Crippen LogP contribution in [0.25, 0.3) is 0 Å². The highest BCUT2D eigenvalue weighted by atomic mass is 31.2. The largest absolute Gasteiger partial charge is 0.756 e. The van der Waals surface area contributed by atoms with Gasteiger partial charge in [-0.3, -0.25) is 18.9 Å². The molecule has 0 fully saturated rings. The molecule has 0 amide bonds. The number of carbonyl (C=O) groups is 3. The first-order valence-corrected chi connectivity index (χ1v) is 25.1. The second kappa shape index (κ2) is 35.3. The van der Waals surface area contributed by atoms with Crippen molar-refractivity contribution in [2.24, 2.45) is 0 Å². The maximum atomic E-state index is 12.8. The molecule has 1 rings (SSSR count). The van der Waals surface area contributed by atoms with E-state index in [9.17, 15) is 23.8 Å². The first-order valence-electron chi connectivity index (χ1n) is 23.7. The number of quaternary nitrogens is 1. The summed E-state index contributed by atoms with van der Waals surface area (Å²) in [6.45, 7) is 8.27. The summed E-state index contributed by atoms with van der Waals surface area (Å²) in [5, 5.41) is 0. The first kappa shape index (κ1) is 56.9. The second-order valence-electron chi connectivity index (χ2n) is 17.4. The molecule has 11 nitrogen and oxygen atoms in total. The Morgan fingerprint density at radius 1 is 0.661 bits per heavy atom. The number of aryl methyl sites for hydroxylation is 2. The van der Waals surface area contributed by atoms with Crippen molar-refractivity contribution in [3.63, 3.8) is 0 Å². The SMILES string of the molecule is CCCCCC(=O)/C=C/C=C\C/C=C\C/C=C\CCCC(=O)OC[C@H](COP(=O)([O-])OCC[N+](C)(C)C)OC(=O)CCCCCCCCCCc1oc(CCCCC)c(C)c1C. The minimum absolute atomic E-state index is 0.0581. The number of likely N-dealkylation sites (N-methyl/N-ethyl adjacent to an activating group) is 1. The molecule has 0 aromatic carbocycles. The van der Waals surface area contributed by atoms with Gasteiger partial charge < -0.3 is 32.3 Å². The maximum Gasteiger partial charge on any atom is 0.306 e. The van der Waals surface area contributed by atoms with Crippen LogP contribution in [-0.2, 0) is 50.3 Å². The summed E-state index contributed by atoms with van der Waals surface area (Å²) in [7, 11) is 1.07. The van der Waals surface area contributed by atoms with Crippen LogP contribution in [0.1, 0.15) is 171 Å². The summed E-state index contributed by atoms with van der Waals surface area (Å²) in [5.41, 5.74) is 2.64. The number of carbonyl (C=O) groups excluding carboxylic acids is 3. The summed E-state index contributed by atoms with van der Waals surface area (Å²) in [5.74, 6) is 1.52. The van der Waals surface area contributed by atoms with E-state index in [-0.39, 0.29) is 31.8 Å². The third-order valence-electron chi connectivity index (χ3n) is 10.5. The summed E-state index contributed by atoms with van der Waals surface area (Å²) in [6.07, 6.45) is 35.2. The molecule has 0 radical (unpaired) electrons. The van der Waals surface area contributed by atoms with Crippen molar-refractivity contribution in [2.75, 3.05) is 47.5 Å². The lowest BCUT2D eigenvalue weighted by Crippen LogP contribution is -2.37. The van der Waals surface area contributed by atoms with Crippen molar-refractivity contribution in [1.29, 1.82) is 0 Å². The summed E-state index contributed by atoms with van der Waals surface area (Å²) in [4.78, 5) is 49.5. The molecular formula is C50H84NO10P. The van der Waals surface area contributed by atoms with E-state index in [0.717, 1.165) is 88.6 Å². The topological polar surface area (TPSA) is 141 Å². The molecule has 2 atom stereocenters. The Hall–Kier alpha value is -3.08. The van der Waals surface area contributed by atoms with Crippen molar-refractivity contribution >= 4 is 25.5 Å². The number of hydrogen-bond acceptors (Lipinski definition) is 10. The third-order valence-corrected chi connectivity index (χ3v) is 11.5. The molecular weight excluding hydrogens is 806 g/mol. The van der Waals surface area contributed by atoms with Gasteiger partial charge in [-0.15, -0.1) is 0 Å². The molecule has 1 unspecified atom stereocenters. The molecule has 0 saturated carbocycles. The Labute approximate surface area is 376 Å². The maximum absolute atomic E-state index is 12.8.